The Balaban J connectivity index is 1.35. The van der Waals surface area contributed by atoms with E-state index in [9.17, 15) is 0 Å². The third-order valence-electron chi connectivity index (χ3n) is 13.4. The summed E-state index contributed by atoms with van der Waals surface area (Å²) in [5, 5.41) is 2.74. The maximum absolute atomic E-state index is 6.09. The van der Waals surface area contributed by atoms with E-state index in [0.29, 0.717) is 17.0 Å². The lowest BCUT2D eigenvalue weighted by Gasteiger charge is -2.44. The highest BCUT2D eigenvalue weighted by Gasteiger charge is 2.51. The Hall–Kier alpha value is -3.14. The van der Waals surface area contributed by atoms with Crippen LogP contribution in [0.5, 0.6) is 0 Å². The van der Waals surface area contributed by atoms with Gasteiger partial charge in [0.2, 0.25) is 0 Å². The Labute approximate surface area is 310 Å². The van der Waals surface area contributed by atoms with Gasteiger partial charge in [0.15, 0.2) is 0 Å². The molecule has 1 aromatic heterocycles. The van der Waals surface area contributed by atoms with Crippen molar-refractivity contribution in [3.05, 3.63) is 98.7 Å². The van der Waals surface area contributed by atoms with Gasteiger partial charge in [-0.15, -0.1) is 0 Å². The van der Waals surface area contributed by atoms with Crippen molar-refractivity contribution in [3.63, 3.8) is 0 Å². The first-order chi connectivity index (χ1) is 24.2. The molecule has 2 nitrogen and oxygen atoms in total. The average Bonchev–Trinajstić information content (AvgIpc) is 3.83. The summed E-state index contributed by atoms with van der Waals surface area (Å²) >= 11 is 0. The van der Waals surface area contributed by atoms with Gasteiger partial charge in [-0.1, -0.05) is 98.8 Å². The van der Waals surface area contributed by atoms with Crippen LogP contribution >= 0.6 is 0 Å². The molecule has 0 aliphatic heterocycles. The maximum Gasteiger partial charge on any atom is 0.0747 e. The van der Waals surface area contributed by atoms with Crippen LogP contribution in [0.4, 0.5) is 0 Å². The van der Waals surface area contributed by atoms with Crippen molar-refractivity contribution in [2.45, 2.75) is 137 Å². The monoisotopic (exact) mass is 697 g/mol. The van der Waals surface area contributed by atoms with Crippen LogP contribution in [0.2, 0.25) is 18.1 Å². The topological polar surface area (TPSA) is 14.2 Å². The second-order valence-corrected chi connectivity index (χ2v) is 22.6. The molecule has 0 saturated heterocycles. The fourth-order valence-electron chi connectivity index (χ4n) is 10.6. The summed E-state index contributed by atoms with van der Waals surface area (Å²) in [6.45, 7) is 24.9. The predicted octanol–water partition coefficient (Wildman–Crippen LogP) is 13.7. The van der Waals surface area contributed by atoms with Crippen LogP contribution < -0.4 is 0 Å². The van der Waals surface area contributed by atoms with E-state index in [0.717, 1.165) is 13.0 Å². The number of ether oxygens (including phenoxy) is 1. The van der Waals surface area contributed by atoms with Crippen LogP contribution in [0.3, 0.4) is 0 Å². The molecule has 3 aliphatic carbocycles. The molecule has 2 unspecified atom stereocenters. The van der Waals surface area contributed by atoms with Crippen molar-refractivity contribution < 1.29 is 4.74 Å². The number of aromatic nitrogens is 1. The molecule has 0 saturated carbocycles. The molecule has 3 aromatic carbocycles. The molecule has 0 N–H and O–H groups in total. The molecular weight excluding hydrogens is 635 g/mol. The minimum Gasteiger partial charge on any atom is -0.376 e. The first-order valence-corrected chi connectivity index (χ1v) is 23.0. The number of hydrogen-bond acceptors (Lipinski definition) is 1. The lowest BCUT2D eigenvalue weighted by atomic mass is 9.89. The molecule has 3 aliphatic rings. The minimum atomic E-state index is -2.02. The lowest BCUT2D eigenvalue weighted by Crippen LogP contribution is -2.45. The highest BCUT2D eigenvalue weighted by atomic mass is 28.3. The summed E-state index contributed by atoms with van der Waals surface area (Å²) in [5.41, 5.74) is 21.3. The summed E-state index contributed by atoms with van der Waals surface area (Å²) in [5.74, 6) is 0.518. The van der Waals surface area contributed by atoms with Gasteiger partial charge in [0.05, 0.1) is 13.7 Å². The van der Waals surface area contributed by atoms with E-state index in [1.807, 2.05) is 0 Å². The number of rotatable bonds is 11. The second-order valence-electron chi connectivity index (χ2n) is 18.0. The number of aryl methyl sites for hydroxylation is 2. The summed E-state index contributed by atoms with van der Waals surface area (Å²) in [6.07, 6.45) is 11.4. The van der Waals surface area contributed by atoms with E-state index in [2.05, 4.69) is 135 Å². The molecule has 7 rings (SSSR count). The van der Waals surface area contributed by atoms with Gasteiger partial charge in [-0.2, -0.15) is 0 Å². The van der Waals surface area contributed by atoms with Gasteiger partial charge in [-0.3, -0.25) is 0 Å². The average molecular weight is 698 g/mol. The zero-order valence-corrected chi connectivity index (χ0v) is 34.6. The Bertz CT molecular complexity index is 2070. The molecule has 0 amide bonds. The van der Waals surface area contributed by atoms with Gasteiger partial charge >= 0.3 is 0 Å². The number of para-hydroxylation sites is 1. The highest BCUT2D eigenvalue weighted by molar-refractivity contribution is 6.83. The van der Waals surface area contributed by atoms with Crippen LogP contribution in [0.25, 0.3) is 39.0 Å². The summed E-state index contributed by atoms with van der Waals surface area (Å²) in [7, 11) is 0.197. The minimum absolute atomic E-state index is 0.0491. The van der Waals surface area contributed by atoms with Crippen LogP contribution in [-0.4, -0.2) is 24.8 Å². The van der Waals surface area contributed by atoms with Crippen LogP contribution in [0, 0.1) is 5.92 Å². The normalized spacial score (nSPS) is 19.2. The molecule has 0 radical (unpaired) electrons. The molecule has 51 heavy (non-hydrogen) atoms. The van der Waals surface area contributed by atoms with Gasteiger partial charge < -0.3 is 9.30 Å². The number of unbranched alkanes of at least 4 members (excludes halogenated alkanes) is 3. The Morgan fingerprint density at radius 1 is 0.824 bits per heavy atom. The molecule has 0 spiro atoms. The van der Waals surface area contributed by atoms with Gasteiger partial charge in [0, 0.05) is 41.0 Å². The Kier molecular flexibility index (Phi) is 9.72. The maximum atomic E-state index is 6.09. The standard InChI is InChI=1S/C48H63NOSi/c1-30(2)39-29-41-42(47(39)51(11,46-33(5)31(3)32(4)34(46)6)26-17-13-12-16-25-50-48(7,8)9)27-35-19-18-21-37(35)45(41)36-23-24-44-40(28-36)38-20-14-15-22-43(38)49(44)10/h14-15,20,22-24,27-30,46-47H,12-13,16-19,21,25-26H2,1-11H3. The van der Waals surface area contributed by atoms with Crippen molar-refractivity contribution >= 4 is 36.0 Å². The van der Waals surface area contributed by atoms with Crippen molar-refractivity contribution in [2.75, 3.05) is 6.61 Å². The number of allylic oxidation sites excluding steroid dienone is 5. The Morgan fingerprint density at radius 3 is 2.22 bits per heavy atom. The summed E-state index contributed by atoms with van der Waals surface area (Å²) in [4.78, 5) is 0. The van der Waals surface area contributed by atoms with E-state index >= 15 is 0 Å². The molecule has 2 atom stereocenters. The van der Waals surface area contributed by atoms with E-state index in [4.69, 9.17) is 4.74 Å². The van der Waals surface area contributed by atoms with Crippen molar-refractivity contribution in [2.24, 2.45) is 13.0 Å². The zero-order chi connectivity index (χ0) is 36.4. The number of benzene rings is 3. The van der Waals surface area contributed by atoms with Crippen LogP contribution in [-0.2, 0) is 24.6 Å². The second kappa shape index (κ2) is 13.7. The van der Waals surface area contributed by atoms with Gasteiger partial charge in [-0.25, -0.2) is 0 Å². The van der Waals surface area contributed by atoms with E-state index in [1.54, 1.807) is 55.7 Å². The van der Waals surface area contributed by atoms with E-state index in [1.165, 1.54) is 71.9 Å². The van der Waals surface area contributed by atoms with Gasteiger partial charge in [0.1, 0.15) is 0 Å². The third-order valence-corrected chi connectivity index (χ3v) is 19.0. The highest BCUT2D eigenvalue weighted by Crippen LogP contribution is 2.59. The van der Waals surface area contributed by atoms with Gasteiger partial charge in [0.25, 0.3) is 0 Å². The smallest absolute Gasteiger partial charge is 0.0747 e. The van der Waals surface area contributed by atoms with Crippen LogP contribution in [0.1, 0.15) is 122 Å². The third kappa shape index (κ3) is 6.25. The first-order valence-electron chi connectivity index (χ1n) is 20.1. The van der Waals surface area contributed by atoms with Crippen molar-refractivity contribution in [3.8, 4) is 11.1 Å². The number of hydrogen-bond donors (Lipinski definition) is 0. The molecule has 3 heteroatoms. The molecule has 1 heterocycles. The predicted molar refractivity (Wildman–Crippen MR) is 225 cm³/mol. The number of fused-ring (bicyclic) bond motifs is 5. The van der Waals surface area contributed by atoms with Gasteiger partial charge in [-0.05, 0) is 148 Å². The quantitative estimate of drug-likeness (QED) is 0.112. The SMILES string of the molecule is CC1=C(C)C([Si](C)(CCCCCCOC(C)(C)C)C2C(C(C)C)=Cc3c2cc2c(c3-c3ccc4c(c3)c3ccccc3n4C)CCC2)C(C)=C1C. The van der Waals surface area contributed by atoms with E-state index < -0.39 is 8.07 Å². The molecular formula is C48H63NOSi. The lowest BCUT2D eigenvalue weighted by molar-refractivity contribution is -0.00471. The zero-order valence-electron chi connectivity index (χ0n) is 33.6. The molecule has 4 aromatic rings. The fraction of sp³-hybridized carbons (Fsp3) is 0.500. The Morgan fingerprint density at radius 2 is 1.51 bits per heavy atom. The first kappa shape index (κ1) is 36.2. The summed E-state index contributed by atoms with van der Waals surface area (Å²) < 4.78 is 8.46. The largest absolute Gasteiger partial charge is 0.376 e. The van der Waals surface area contributed by atoms with Crippen LogP contribution in [0.15, 0.2) is 76.4 Å². The molecule has 0 bridgehead atoms. The fourth-order valence-corrected chi connectivity index (χ4v) is 17.1. The van der Waals surface area contributed by atoms with Crippen molar-refractivity contribution in [1.82, 2.24) is 4.57 Å². The molecule has 0 fully saturated rings. The molecule has 270 valence electrons. The summed E-state index contributed by atoms with van der Waals surface area (Å²) in [6, 6.07) is 20.4. The van der Waals surface area contributed by atoms with Crippen molar-refractivity contribution in [1.29, 1.82) is 0 Å². The number of nitrogens with zero attached hydrogens (tertiary/aromatic N) is 1. The van der Waals surface area contributed by atoms with E-state index in [-0.39, 0.29) is 5.60 Å².